The molecule has 0 aliphatic heterocycles. The molecule has 2 N–H and O–H groups in total. The Bertz CT molecular complexity index is 564. The van der Waals surface area contributed by atoms with Crippen LogP contribution in [-0.2, 0) is 11.3 Å². The molecular weight excluding hydrogens is 252 g/mol. The first-order valence-corrected chi connectivity index (χ1v) is 7.04. The number of rotatable bonds is 7. The first-order chi connectivity index (χ1) is 9.72. The summed E-state index contributed by atoms with van der Waals surface area (Å²) in [6.07, 6.45) is 2.76. The van der Waals surface area contributed by atoms with Crippen molar-refractivity contribution in [3.63, 3.8) is 0 Å². The van der Waals surface area contributed by atoms with Crippen molar-refractivity contribution >= 4 is 16.9 Å². The Kier molecular flexibility index (Phi) is 5.12. The average molecular weight is 274 g/mol. The molecule has 5 nitrogen and oxygen atoms in total. The van der Waals surface area contributed by atoms with Crippen LogP contribution in [0.1, 0.15) is 13.3 Å². The number of aromatic nitrogens is 2. The number of imidazole rings is 1. The van der Waals surface area contributed by atoms with E-state index in [4.69, 9.17) is 0 Å². The second kappa shape index (κ2) is 7.05. The molecule has 108 valence electrons. The second-order valence-electron chi connectivity index (χ2n) is 5.03. The first-order valence-electron chi connectivity index (χ1n) is 7.04. The number of fused-ring (bicyclic) bond motifs is 1. The first kappa shape index (κ1) is 14.5. The Morgan fingerprint density at radius 3 is 3.00 bits per heavy atom. The summed E-state index contributed by atoms with van der Waals surface area (Å²) in [6, 6.07) is 8.08. The van der Waals surface area contributed by atoms with Crippen LogP contribution in [0.5, 0.6) is 0 Å². The topological polar surface area (TPSA) is 59.0 Å². The van der Waals surface area contributed by atoms with Crippen LogP contribution in [0.15, 0.2) is 30.6 Å². The molecule has 0 aliphatic carbocycles. The summed E-state index contributed by atoms with van der Waals surface area (Å²) in [5, 5.41) is 5.97. The summed E-state index contributed by atoms with van der Waals surface area (Å²) in [6.45, 7) is 4.19. The van der Waals surface area contributed by atoms with Gasteiger partial charge in [-0.3, -0.25) is 4.79 Å². The highest BCUT2D eigenvalue weighted by Gasteiger charge is 2.10. The molecular formula is C15H22N4O. The molecule has 1 heterocycles. The number of carbonyl (C=O) groups excluding carboxylic acids is 1. The number of carbonyl (C=O) groups is 1. The lowest BCUT2D eigenvalue weighted by molar-refractivity contribution is -0.124. The zero-order chi connectivity index (χ0) is 14.4. The fraction of sp³-hybridized carbons (Fsp3) is 0.467. The molecule has 0 saturated carbocycles. The van der Waals surface area contributed by atoms with Crippen molar-refractivity contribution in [2.75, 3.05) is 20.1 Å². The van der Waals surface area contributed by atoms with Crippen molar-refractivity contribution in [2.24, 2.45) is 5.92 Å². The summed E-state index contributed by atoms with van der Waals surface area (Å²) in [4.78, 5) is 16.1. The number of amides is 1. The molecule has 1 unspecified atom stereocenters. The highest BCUT2D eigenvalue weighted by atomic mass is 16.1. The number of aryl methyl sites for hydroxylation is 1. The van der Waals surface area contributed by atoms with Gasteiger partial charge >= 0.3 is 0 Å². The van der Waals surface area contributed by atoms with Gasteiger partial charge in [0.05, 0.1) is 17.4 Å². The maximum absolute atomic E-state index is 11.7. The molecule has 2 aromatic rings. The molecule has 1 atom stereocenters. The smallest absolute Gasteiger partial charge is 0.224 e. The number of nitrogens with one attached hydrogen (secondary N) is 2. The predicted octanol–water partition coefficient (Wildman–Crippen LogP) is 1.40. The van der Waals surface area contributed by atoms with E-state index in [0.717, 1.165) is 24.0 Å². The van der Waals surface area contributed by atoms with Gasteiger partial charge in [0.2, 0.25) is 5.91 Å². The van der Waals surface area contributed by atoms with Crippen LogP contribution in [0.2, 0.25) is 0 Å². The summed E-state index contributed by atoms with van der Waals surface area (Å²) < 4.78 is 2.12. The summed E-state index contributed by atoms with van der Waals surface area (Å²) in [5.74, 6) is 0.115. The van der Waals surface area contributed by atoms with E-state index in [9.17, 15) is 4.79 Å². The van der Waals surface area contributed by atoms with Crippen molar-refractivity contribution in [2.45, 2.75) is 19.9 Å². The van der Waals surface area contributed by atoms with E-state index in [-0.39, 0.29) is 11.8 Å². The van der Waals surface area contributed by atoms with Gasteiger partial charge in [0, 0.05) is 25.6 Å². The molecule has 0 aliphatic rings. The van der Waals surface area contributed by atoms with Gasteiger partial charge in [0.15, 0.2) is 0 Å². The standard InChI is InChI=1S/C15H22N4O/c1-12(10-16-2)15(20)17-8-5-9-19-11-18-13-6-3-4-7-14(13)19/h3-4,6-7,11-12,16H,5,8-10H2,1-2H3,(H,17,20). The monoisotopic (exact) mass is 274 g/mol. The third-order valence-electron chi connectivity index (χ3n) is 3.36. The quantitative estimate of drug-likeness (QED) is 0.750. The Balaban J connectivity index is 1.77. The number of benzene rings is 1. The SMILES string of the molecule is CNCC(C)C(=O)NCCCn1cnc2ccccc21. The number of hydrogen-bond donors (Lipinski definition) is 2. The van der Waals surface area contributed by atoms with Crippen LogP contribution in [0.3, 0.4) is 0 Å². The molecule has 5 heteroatoms. The number of nitrogens with zero attached hydrogens (tertiary/aromatic N) is 2. The molecule has 0 saturated heterocycles. The zero-order valence-electron chi connectivity index (χ0n) is 12.1. The molecule has 0 spiro atoms. The van der Waals surface area contributed by atoms with E-state index in [2.05, 4.69) is 26.3 Å². The molecule has 1 amide bonds. The van der Waals surface area contributed by atoms with Gasteiger partial charge < -0.3 is 15.2 Å². The van der Waals surface area contributed by atoms with Gasteiger partial charge in [-0.2, -0.15) is 0 Å². The van der Waals surface area contributed by atoms with Crippen molar-refractivity contribution in [3.05, 3.63) is 30.6 Å². The van der Waals surface area contributed by atoms with Crippen molar-refractivity contribution in [3.8, 4) is 0 Å². The normalized spacial score (nSPS) is 12.5. The largest absolute Gasteiger partial charge is 0.356 e. The second-order valence-corrected chi connectivity index (χ2v) is 5.03. The van der Waals surface area contributed by atoms with Gasteiger partial charge in [0.25, 0.3) is 0 Å². The minimum absolute atomic E-state index is 0.00840. The minimum atomic E-state index is 0.00840. The number of para-hydroxylation sites is 2. The van der Waals surface area contributed by atoms with E-state index in [0.29, 0.717) is 13.1 Å². The Morgan fingerprint density at radius 1 is 1.40 bits per heavy atom. The Morgan fingerprint density at radius 2 is 2.20 bits per heavy atom. The molecule has 2 rings (SSSR count). The summed E-state index contributed by atoms with van der Waals surface area (Å²) >= 11 is 0. The summed E-state index contributed by atoms with van der Waals surface area (Å²) in [5.41, 5.74) is 2.15. The molecule has 0 bridgehead atoms. The van der Waals surface area contributed by atoms with E-state index < -0.39 is 0 Å². The maximum atomic E-state index is 11.7. The minimum Gasteiger partial charge on any atom is -0.356 e. The third-order valence-corrected chi connectivity index (χ3v) is 3.36. The summed E-state index contributed by atoms with van der Waals surface area (Å²) in [7, 11) is 1.86. The lowest BCUT2D eigenvalue weighted by Crippen LogP contribution is -2.35. The van der Waals surface area contributed by atoms with Gasteiger partial charge in [0.1, 0.15) is 0 Å². The highest BCUT2D eigenvalue weighted by molar-refractivity contribution is 5.78. The lowest BCUT2D eigenvalue weighted by Gasteiger charge is -2.11. The van der Waals surface area contributed by atoms with Crippen molar-refractivity contribution < 1.29 is 4.79 Å². The predicted molar refractivity (Wildman–Crippen MR) is 80.5 cm³/mol. The molecule has 1 aromatic carbocycles. The van der Waals surface area contributed by atoms with Crippen LogP contribution < -0.4 is 10.6 Å². The van der Waals surface area contributed by atoms with E-state index in [1.807, 2.05) is 38.5 Å². The van der Waals surface area contributed by atoms with Crippen molar-refractivity contribution in [1.29, 1.82) is 0 Å². The van der Waals surface area contributed by atoms with E-state index in [1.165, 1.54) is 0 Å². The zero-order valence-corrected chi connectivity index (χ0v) is 12.1. The van der Waals surface area contributed by atoms with Crippen molar-refractivity contribution in [1.82, 2.24) is 20.2 Å². The maximum Gasteiger partial charge on any atom is 0.224 e. The van der Waals surface area contributed by atoms with Crippen LogP contribution >= 0.6 is 0 Å². The number of hydrogen-bond acceptors (Lipinski definition) is 3. The molecule has 0 fully saturated rings. The van der Waals surface area contributed by atoms with E-state index >= 15 is 0 Å². The van der Waals surface area contributed by atoms with Crippen LogP contribution in [0, 0.1) is 5.92 Å². The fourth-order valence-corrected chi connectivity index (χ4v) is 2.22. The van der Waals surface area contributed by atoms with Gasteiger partial charge in [-0.15, -0.1) is 0 Å². The van der Waals surface area contributed by atoms with Gasteiger partial charge in [-0.1, -0.05) is 19.1 Å². The molecule has 20 heavy (non-hydrogen) atoms. The molecule has 0 radical (unpaired) electrons. The van der Waals surface area contributed by atoms with Gasteiger partial charge in [-0.05, 0) is 25.6 Å². The molecule has 1 aromatic heterocycles. The average Bonchev–Trinajstić information content (AvgIpc) is 2.87. The van der Waals surface area contributed by atoms with E-state index in [1.54, 1.807) is 0 Å². The Hall–Kier alpha value is -1.88. The van der Waals surface area contributed by atoms with Crippen LogP contribution in [0.25, 0.3) is 11.0 Å². The Labute approximate surface area is 119 Å². The highest BCUT2D eigenvalue weighted by Crippen LogP contribution is 2.11. The van der Waals surface area contributed by atoms with Crippen LogP contribution in [-0.4, -0.2) is 35.6 Å². The fourth-order valence-electron chi connectivity index (χ4n) is 2.22. The van der Waals surface area contributed by atoms with Gasteiger partial charge in [-0.25, -0.2) is 4.98 Å². The lowest BCUT2D eigenvalue weighted by atomic mass is 10.1. The van der Waals surface area contributed by atoms with Crippen LogP contribution in [0.4, 0.5) is 0 Å². The third kappa shape index (κ3) is 3.57.